The fraction of sp³-hybridized carbons (Fsp3) is 0.667. The van der Waals surface area contributed by atoms with Gasteiger partial charge in [-0.15, -0.1) is 0 Å². The van der Waals surface area contributed by atoms with Gasteiger partial charge in [-0.05, 0) is 49.8 Å². The second-order valence-electron chi connectivity index (χ2n) is 6.55. The van der Waals surface area contributed by atoms with Crippen molar-refractivity contribution >= 4 is 5.69 Å². The summed E-state index contributed by atoms with van der Waals surface area (Å²) in [5.41, 5.74) is 1.87. The number of nitrogens with one attached hydrogen (secondary N) is 1. The second kappa shape index (κ2) is 6.78. The number of rotatable bonds is 5. The molecule has 0 bridgehead atoms. The van der Waals surface area contributed by atoms with Crippen LogP contribution in [0.1, 0.15) is 57.4 Å². The quantitative estimate of drug-likeness (QED) is 0.872. The standard InChI is InChI=1S/C18H27FN2/c1-2-16-6-4-3-5-11-21(16)18-10-7-14(12-17(18)19)13-20-15-8-9-15/h7,10,12,15-16,20H,2-6,8-9,11,13H2,1H3. The van der Waals surface area contributed by atoms with E-state index in [1.54, 1.807) is 6.07 Å². The molecule has 2 aliphatic rings. The molecule has 1 aromatic rings. The van der Waals surface area contributed by atoms with E-state index in [-0.39, 0.29) is 5.82 Å². The van der Waals surface area contributed by atoms with E-state index in [4.69, 9.17) is 0 Å². The van der Waals surface area contributed by atoms with Gasteiger partial charge in [0.25, 0.3) is 0 Å². The molecule has 0 amide bonds. The van der Waals surface area contributed by atoms with Gasteiger partial charge in [0.05, 0.1) is 5.69 Å². The van der Waals surface area contributed by atoms with Gasteiger partial charge in [-0.3, -0.25) is 0 Å². The lowest BCUT2D eigenvalue weighted by atomic mass is 10.1. The molecule has 1 saturated heterocycles. The van der Waals surface area contributed by atoms with E-state index >= 15 is 0 Å². The summed E-state index contributed by atoms with van der Waals surface area (Å²) in [6.07, 6.45) is 8.57. The Labute approximate surface area is 127 Å². The Bertz CT molecular complexity index is 470. The molecule has 2 fully saturated rings. The predicted octanol–water partition coefficient (Wildman–Crippen LogP) is 4.24. The van der Waals surface area contributed by atoms with E-state index < -0.39 is 0 Å². The molecule has 1 aromatic carbocycles. The average molecular weight is 290 g/mol. The minimum Gasteiger partial charge on any atom is -0.366 e. The molecule has 3 heteroatoms. The van der Waals surface area contributed by atoms with Crippen LogP contribution in [0.15, 0.2) is 18.2 Å². The van der Waals surface area contributed by atoms with Gasteiger partial charge in [0.1, 0.15) is 5.82 Å². The molecule has 1 aliphatic heterocycles. The Balaban J connectivity index is 1.73. The summed E-state index contributed by atoms with van der Waals surface area (Å²) in [4.78, 5) is 2.31. The van der Waals surface area contributed by atoms with Crippen LogP contribution in [0.2, 0.25) is 0 Å². The molecule has 21 heavy (non-hydrogen) atoms. The maximum atomic E-state index is 14.5. The number of hydrogen-bond donors (Lipinski definition) is 1. The second-order valence-corrected chi connectivity index (χ2v) is 6.55. The van der Waals surface area contributed by atoms with Gasteiger partial charge in [-0.25, -0.2) is 4.39 Å². The van der Waals surface area contributed by atoms with Crippen molar-refractivity contribution < 1.29 is 4.39 Å². The molecular formula is C18H27FN2. The van der Waals surface area contributed by atoms with Crippen LogP contribution >= 0.6 is 0 Å². The topological polar surface area (TPSA) is 15.3 Å². The fourth-order valence-corrected chi connectivity index (χ4v) is 3.36. The normalized spacial score (nSPS) is 23.1. The Morgan fingerprint density at radius 1 is 1.19 bits per heavy atom. The van der Waals surface area contributed by atoms with Crippen molar-refractivity contribution in [3.8, 4) is 0 Å². The zero-order valence-corrected chi connectivity index (χ0v) is 13.1. The first-order valence-electron chi connectivity index (χ1n) is 8.56. The molecule has 1 heterocycles. The van der Waals surface area contributed by atoms with Crippen molar-refractivity contribution in [2.45, 2.75) is 70.5 Å². The van der Waals surface area contributed by atoms with Crippen molar-refractivity contribution in [3.63, 3.8) is 0 Å². The third kappa shape index (κ3) is 3.76. The van der Waals surface area contributed by atoms with Gasteiger partial charge in [-0.1, -0.05) is 25.8 Å². The van der Waals surface area contributed by atoms with E-state index in [9.17, 15) is 4.39 Å². The highest BCUT2D eigenvalue weighted by atomic mass is 19.1. The van der Waals surface area contributed by atoms with E-state index in [1.807, 2.05) is 6.07 Å². The summed E-state index contributed by atoms with van der Waals surface area (Å²) in [5.74, 6) is -0.0505. The first-order valence-corrected chi connectivity index (χ1v) is 8.56. The predicted molar refractivity (Wildman–Crippen MR) is 86.2 cm³/mol. The number of anilines is 1. The lowest BCUT2D eigenvalue weighted by molar-refractivity contribution is 0.539. The zero-order chi connectivity index (χ0) is 14.7. The molecule has 2 nitrogen and oxygen atoms in total. The highest BCUT2D eigenvalue weighted by molar-refractivity contribution is 5.50. The highest BCUT2D eigenvalue weighted by Crippen LogP contribution is 2.29. The molecule has 1 unspecified atom stereocenters. The molecule has 0 radical (unpaired) electrons. The van der Waals surface area contributed by atoms with Crippen LogP contribution in [0.4, 0.5) is 10.1 Å². The highest BCUT2D eigenvalue weighted by Gasteiger charge is 2.23. The largest absolute Gasteiger partial charge is 0.366 e. The van der Waals surface area contributed by atoms with Crippen molar-refractivity contribution in [1.29, 1.82) is 0 Å². The van der Waals surface area contributed by atoms with Crippen molar-refractivity contribution in [2.75, 3.05) is 11.4 Å². The van der Waals surface area contributed by atoms with Crippen molar-refractivity contribution in [2.24, 2.45) is 0 Å². The van der Waals surface area contributed by atoms with Gasteiger partial charge in [0.15, 0.2) is 0 Å². The van der Waals surface area contributed by atoms with Crippen LogP contribution in [0.5, 0.6) is 0 Å². The Kier molecular flexibility index (Phi) is 4.79. The fourth-order valence-electron chi connectivity index (χ4n) is 3.36. The van der Waals surface area contributed by atoms with E-state index in [0.717, 1.165) is 30.8 Å². The Hall–Kier alpha value is -1.09. The molecule has 0 aromatic heterocycles. The maximum absolute atomic E-state index is 14.5. The lowest BCUT2D eigenvalue weighted by Crippen LogP contribution is -2.35. The van der Waals surface area contributed by atoms with Crippen molar-refractivity contribution in [3.05, 3.63) is 29.6 Å². The maximum Gasteiger partial charge on any atom is 0.146 e. The van der Waals surface area contributed by atoms with Crippen LogP contribution in [0.3, 0.4) is 0 Å². The molecule has 3 rings (SSSR count). The van der Waals surface area contributed by atoms with Gasteiger partial charge < -0.3 is 10.2 Å². The molecule has 116 valence electrons. The number of benzene rings is 1. The lowest BCUT2D eigenvalue weighted by Gasteiger charge is -2.32. The summed E-state index contributed by atoms with van der Waals surface area (Å²) in [5, 5.41) is 3.45. The first kappa shape index (κ1) is 14.8. The summed E-state index contributed by atoms with van der Waals surface area (Å²) in [6.45, 7) is 4.00. The third-order valence-electron chi connectivity index (χ3n) is 4.84. The van der Waals surface area contributed by atoms with Crippen LogP contribution < -0.4 is 10.2 Å². The van der Waals surface area contributed by atoms with Gasteiger partial charge in [0, 0.05) is 25.2 Å². The van der Waals surface area contributed by atoms with Gasteiger partial charge in [-0.2, -0.15) is 0 Å². The summed E-state index contributed by atoms with van der Waals surface area (Å²) in [6, 6.07) is 6.97. The molecule has 1 aliphatic carbocycles. The van der Waals surface area contributed by atoms with E-state index in [1.165, 1.54) is 38.5 Å². The summed E-state index contributed by atoms with van der Waals surface area (Å²) in [7, 11) is 0. The number of hydrogen-bond acceptors (Lipinski definition) is 2. The molecule has 1 saturated carbocycles. The zero-order valence-electron chi connectivity index (χ0n) is 13.1. The smallest absolute Gasteiger partial charge is 0.146 e. The van der Waals surface area contributed by atoms with Crippen LogP contribution in [-0.4, -0.2) is 18.6 Å². The SMILES string of the molecule is CCC1CCCCCN1c1ccc(CNC2CC2)cc1F. The number of nitrogens with zero attached hydrogens (tertiary/aromatic N) is 1. The molecular weight excluding hydrogens is 263 g/mol. The van der Waals surface area contributed by atoms with Crippen LogP contribution in [-0.2, 0) is 6.54 Å². The Morgan fingerprint density at radius 3 is 2.76 bits per heavy atom. The summed E-state index contributed by atoms with van der Waals surface area (Å²) < 4.78 is 14.5. The third-order valence-corrected chi connectivity index (χ3v) is 4.84. The minimum absolute atomic E-state index is 0.0505. The minimum atomic E-state index is -0.0505. The molecule has 0 spiro atoms. The summed E-state index contributed by atoms with van der Waals surface area (Å²) >= 11 is 0. The monoisotopic (exact) mass is 290 g/mol. The van der Waals surface area contributed by atoms with Crippen LogP contribution in [0, 0.1) is 5.82 Å². The van der Waals surface area contributed by atoms with E-state index in [2.05, 4.69) is 23.2 Å². The Morgan fingerprint density at radius 2 is 2.05 bits per heavy atom. The van der Waals surface area contributed by atoms with Crippen LogP contribution in [0.25, 0.3) is 0 Å². The average Bonchev–Trinajstić information content (AvgIpc) is 3.32. The van der Waals surface area contributed by atoms with E-state index in [0.29, 0.717) is 12.1 Å². The number of halogens is 1. The van der Waals surface area contributed by atoms with Crippen molar-refractivity contribution in [1.82, 2.24) is 5.32 Å². The molecule has 1 atom stereocenters. The van der Waals surface area contributed by atoms with Gasteiger partial charge in [0.2, 0.25) is 0 Å². The van der Waals surface area contributed by atoms with Gasteiger partial charge >= 0.3 is 0 Å². The first-order chi connectivity index (χ1) is 10.3. The molecule has 1 N–H and O–H groups in total.